The van der Waals surface area contributed by atoms with Crippen molar-refractivity contribution in [3.63, 3.8) is 0 Å². The molecule has 0 saturated carbocycles. The molecule has 0 radical (unpaired) electrons. The summed E-state index contributed by atoms with van der Waals surface area (Å²) >= 11 is 0. The lowest BCUT2D eigenvalue weighted by Gasteiger charge is -2.12. The molecule has 1 N–H and O–H groups in total. The molecule has 0 aliphatic heterocycles. The number of nitrogens with one attached hydrogen (secondary N) is 1. The molecule has 0 aliphatic rings. The topological polar surface area (TPSA) is 51.9 Å². The number of amides is 1. The Kier molecular flexibility index (Phi) is 3.78. The predicted molar refractivity (Wildman–Crippen MR) is 85.5 cm³/mol. The summed E-state index contributed by atoms with van der Waals surface area (Å²) in [6, 6.07) is 13.7. The van der Waals surface area contributed by atoms with Crippen LogP contribution in [0.1, 0.15) is 24.2 Å². The number of carbonyl (C=O) groups is 1. The number of aromatic nitrogens is 3. The second-order valence-corrected chi connectivity index (χ2v) is 5.35. The average molecular weight is 294 g/mol. The molecule has 22 heavy (non-hydrogen) atoms. The number of para-hydroxylation sites is 1. The van der Waals surface area contributed by atoms with Gasteiger partial charge < -0.3 is 9.88 Å². The van der Waals surface area contributed by atoms with Crippen LogP contribution in [0, 0.1) is 0 Å². The zero-order chi connectivity index (χ0) is 15.5. The zero-order valence-corrected chi connectivity index (χ0v) is 12.6. The molecule has 0 bridgehead atoms. The van der Waals surface area contributed by atoms with Gasteiger partial charge in [-0.1, -0.05) is 18.2 Å². The molecule has 0 unspecified atom stereocenters. The van der Waals surface area contributed by atoms with Crippen molar-refractivity contribution in [3.8, 4) is 11.5 Å². The fourth-order valence-corrected chi connectivity index (χ4v) is 2.32. The summed E-state index contributed by atoms with van der Waals surface area (Å²) in [6.07, 6.45) is 5.42. The molecule has 3 aromatic rings. The number of hydrogen-bond donors (Lipinski definition) is 1. The van der Waals surface area contributed by atoms with Crippen LogP contribution in [0.5, 0.6) is 0 Å². The Hall–Kier alpha value is -2.82. The molecule has 2 aromatic heterocycles. The van der Waals surface area contributed by atoms with Gasteiger partial charge in [-0.25, -0.2) is 4.68 Å². The highest BCUT2D eigenvalue weighted by molar-refractivity contribution is 5.97. The van der Waals surface area contributed by atoms with Gasteiger partial charge in [0.05, 0.1) is 11.9 Å². The van der Waals surface area contributed by atoms with Crippen LogP contribution in [0.4, 0.5) is 0 Å². The van der Waals surface area contributed by atoms with Crippen molar-refractivity contribution in [2.75, 3.05) is 0 Å². The van der Waals surface area contributed by atoms with E-state index in [4.69, 9.17) is 0 Å². The smallest absolute Gasteiger partial charge is 0.256 e. The summed E-state index contributed by atoms with van der Waals surface area (Å²) in [5.41, 5.74) is 1.46. The lowest BCUT2D eigenvalue weighted by atomic mass is 10.2. The number of nitrogens with zero attached hydrogens (tertiary/aromatic N) is 3. The molecule has 112 valence electrons. The Bertz CT molecular complexity index is 757. The summed E-state index contributed by atoms with van der Waals surface area (Å²) in [4.78, 5) is 12.4. The summed E-state index contributed by atoms with van der Waals surface area (Å²) in [5.74, 6) is 0.607. The van der Waals surface area contributed by atoms with Crippen molar-refractivity contribution >= 4 is 5.91 Å². The first kappa shape index (κ1) is 14.1. The van der Waals surface area contributed by atoms with E-state index in [0.717, 1.165) is 11.5 Å². The molecule has 5 nitrogen and oxygen atoms in total. The van der Waals surface area contributed by atoms with Crippen LogP contribution < -0.4 is 5.32 Å². The molecule has 5 heteroatoms. The van der Waals surface area contributed by atoms with E-state index in [0.29, 0.717) is 5.56 Å². The van der Waals surface area contributed by atoms with E-state index < -0.39 is 0 Å². The third-order valence-electron chi connectivity index (χ3n) is 3.26. The van der Waals surface area contributed by atoms with Gasteiger partial charge in [-0.05, 0) is 38.1 Å². The third-order valence-corrected chi connectivity index (χ3v) is 3.26. The van der Waals surface area contributed by atoms with Crippen LogP contribution in [0.3, 0.4) is 0 Å². The van der Waals surface area contributed by atoms with Crippen molar-refractivity contribution in [1.82, 2.24) is 19.7 Å². The van der Waals surface area contributed by atoms with Crippen LogP contribution in [0.15, 0.2) is 61.1 Å². The second kappa shape index (κ2) is 5.89. The van der Waals surface area contributed by atoms with Crippen molar-refractivity contribution in [1.29, 1.82) is 0 Å². The highest BCUT2D eigenvalue weighted by Gasteiger charge is 2.20. The van der Waals surface area contributed by atoms with Gasteiger partial charge in [-0.15, -0.1) is 0 Å². The van der Waals surface area contributed by atoms with E-state index in [1.54, 1.807) is 10.9 Å². The molecule has 0 atom stereocenters. The molecule has 1 amide bonds. The van der Waals surface area contributed by atoms with Crippen LogP contribution in [-0.2, 0) is 0 Å². The molecular weight excluding hydrogens is 276 g/mol. The van der Waals surface area contributed by atoms with Crippen LogP contribution in [0.25, 0.3) is 11.5 Å². The Morgan fingerprint density at radius 2 is 1.77 bits per heavy atom. The summed E-state index contributed by atoms with van der Waals surface area (Å²) in [5, 5.41) is 7.33. The third kappa shape index (κ3) is 2.65. The van der Waals surface area contributed by atoms with E-state index in [2.05, 4.69) is 10.4 Å². The maximum atomic E-state index is 12.4. The Morgan fingerprint density at radius 3 is 2.41 bits per heavy atom. The fourth-order valence-electron chi connectivity index (χ4n) is 2.32. The van der Waals surface area contributed by atoms with Gasteiger partial charge in [-0.2, -0.15) is 5.10 Å². The van der Waals surface area contributed by atoms with Crippen molar-refractivity contribution < 1.29 is 4.79 Å². The molecule has 0 fully saturated rings. The largest absolute Gasteiger partial charge is 0.350 e. The molecule has 2 heterocycles. The number of hydrogen-bond acceptors (Lipinski definition) is 2. The van der Waals surface area contributed by atoms with Crippen LogP contribution in [0.2, 0.25) is 0 Å². The summed E-state index contributed by atoms with van der Waals surface area (Å²) in [6.45, 7) is 3.88. The molecule has 3 rings (SSSR count). The monoisotopic (exact) mass is 294 g/mol. The molecule has 1 aromatic carbocycles. The predicted octanol–water partition coefficient (Wildman–Crippen LogP) is 2.80. The highest BCUT2D eigenvalue weighted by Crippen LogP contribution is 2.19. The standard InChI is InChI=1S/C17H18N4O/c1-13(2)19-16(22)15-12-18-21(14-8-4-3-5-9-14)17(15)20-10-6-7-11-20/h3-13H,1-2H3,(H,19,22). The second-order valence-electron chi connectivity index (χ2n) is 5.35. The summed E-state index contributed by atoms with van der Waals surface area (Å²) < 4.78 is 3.67. The van der Waals surface area contributed by atoms with Crippen LogP contribution >= 0.6 is 0 Å². The van der Waals surface area contributed by atoms with Gasteiger partial charge in [0.1, 0.15) is 5.56 Å². The number of carbonyl (C=O) groups excluding carboxylic acids is 1. The summed E-state index contributed by atoms with van der Waals surface area (Å²) in [7, 11) is 0. The maximum Gasteiger partial charge on any atom is 0.256 e. The Balaban J connectivity index is 2.13. The van der Waals surface area contributed by atoms with E-state index >= 15 is 0 Å². The lowest BCUT2D eigenvalue weighted by molar-refractivity contribution is 0.0943. The van der Waals surface area contributed by atoms with Crippen molar-refractivity contribution in [3.05, 3.63) is 66.6 Å². The minimum absolute atomic E-state index is 0.0742. The minimum Gasteiger partial charge on any atom is -0.350 e. The normalized spacial score (nSPS) is 10.9. The maximum absolute atomic E-state index is 12.4. The van der Waals surface area contributed by atoms with Gasteiger partial charge in [0.25, 0.3) is 5.91 Å². The lowest BCUT2D eigenvalue weighted by Crippen LogP contribution is -2.30. The number of benzene rings is 1. The van der Waals surface area contributed by atoms with Crippen molar-refractivity contribution in [2.24, 2.45) is 0 Å². The van der Waals surface area contributed by atoms with Gasteiger partial charge in [-0.3, -0.25) is 4.79 Å². The zero-order valence-electron chi connectivity index (χ0n) is 12.6. The molecule has 0 saturated heterocycles. The Labute approximate surface area is 129 Å². The SMILES string of the molecule is CC(C)NC(=O)c1cnn(-c2ccccc2)c1-n1cccc1. The van der Waals surface area contributed by atoms with Gasteiger partial charge in [0, 0.05) is 18.4 Å². The number of rotatable bonds is 4. The fraction of sp³-hybridized carbons (Fsp3) is 0.176. The van der Waals surface area contributed by atoms with Crippen LogP contribution in [-0.4, -0.2) is 26.3 Å². The average Bonchev–Trinajstić information content (AvgIpc) is 3.16. The van der Waals surface area contributed by atoms with Crippen molar-refractivity contribution in [2.45, 2.75) is 19.9 Å². The van der Waals surface area contributed by atoms with E-state index in [1.165, 1.54) is 0 Å². The van der Waals surface area contributed by atoms with E-state index in [-0.39, 0.29) is 11.9 Å². The first-order valence-electron chi connectivity index (χ1n) is 7.24. The van der Waals surface area contributed by atoms with Gasteiger partial charge in [0.15, 0.2) is 5.82 Å². The van der Waals surface area contributed by atoms with Gasteiger partial charge in [0.2, 0.25) is 0 Å². The van der Waals surface area contributed by atoms with E-state index in [9.17, 15) is 4.79 Å². The first-order chi connectivity index (χ1) is 10.7. The molecule has 0 spiro atoms. The van der Waals surface area contributed by atoms with Gasteiger partial charge >= 0.3 is 0 Å². The quantitative estimate of drug-likeness (QED) is 0.804. The van der Waals surface area contributed by atoms with E-state index in [1.807, 2.05) is 73.3 Å². The first-order valence-corrected chi connectivity index (χ1v) is 7.24. The molecular formula is C17H18N4O. The molecule has 0 aliphatic carbocycles. The highest BCUT2D eigenvalue weighted by atomic mass is 16.1. The minimum atomic E-state index is -0.124. The Morgan fingerprint density at radius 1 is 1.09 bits per heavy atom.